The Morgan fingerprint density at radius 3 is 2.07 bits per heavy atom. The fourth-order valence-electron chi connectivity index (χ4n) is 2.98. The Morgan fingerprint density at radius 2 is 1.57 bits per heavy atom. The Hall–Kier alpha value is -2.03. The quantitative estimate of drug-likeness (QED) is 0.699. The van der Waals surface area contributed by atoms with Crippen LogP contribution in [-0.2, 0) is 21.0 Å². The SMILES string of the molecule is FC1(c2ccc(C3=NOC(c4cc(Cl)cc(Cl)c4)(C(F)(F)F)O3)cc2)CNC1. The van der Waals surface area contributed by atoms with Gasteiger partial charge < -0.3 is 14.9 Å². The predicted octanol–water partition coefficient (Wildman–Crippen LogP) is 4.89. The van der Waals surface area contributed by atoms with Gasteiger partial charge in [0.1, 0.15) is 0 Å². The van der Waals surface area contributed by atoms with E-state index in [9.17, 15) is 17.6 Å². The van der Waals surface area contributed by atoms with Crippen molar-refractivity contribution in [1.29, 1.82) is 0 Å². The highest BCUT2D eigenvalue weighted by Gasteiger charge is 2.65. The maximum atomic E-state index is 14.4. The van der Waals surface area contributed by atoms with Crippen LogP contribution in [0.25, 0.3) is 0 Å². The van der Waals surface area contributed by atoms with Gasteiger partial charge >= 0.3 is 12.0 Å². The number of oxime groups is 1. The van der Waals surface area contributed by atoms with Crippen LogP contribution in [0, 0.1) is 0 Å². The third-order valence-corrected chi connectivity index (χ3v) is 5.01. The Kier molecular flexibility index (Phi) is 4.48. The normalized spacial score (nSPS) is 23.4. The second kappa shape index (κ2) is 6.50. The van der Waals surface area contributed by atoms with Crippen molar-refractivity contribution in [3.63, 3.8) is 0 Å². The van der Waals surface area contributed by atoms with Crippen LogP contribution in [0.1, 0.15) is 16.7 Å². The van der Waals surface area contributed by atoms with Crippen LogP contribution in [0.5, 0.6) is 0 Å². The van der Waals surface area contributed by atoms with Crippen molar-refractivity contribution in [2.45, 2.75) is 17.6 Å². The van der Waals surface area contributed by atoms with E-state index in [2.05, 4.69) is 10.5 Å². The molecule has 1 saturated heterocycles. The molecule has 1 atom stereocenters. The molecule has 0 amide bonds. The van der Waals surface area contributed by atoms with E-state index in [4.69, 9.17) is 32.8 Å². The topological polar surface area (TPSA) is 42.9 Å². The van der Waals surface area contributed by atoms with Crippen LogP contribution in [0.4, 0.5) is 17.6 Å². The van der Waals surface area contributed by atoms with Crippen LogP contribution < -0.4 is 5.32 Å². The maximum absolute atomic E-state index is 14.4. The van der Waals surface area contributed by atoms with E-state index < -0.39 is 23.2 Å². The van der Waals surface area contributed by atoms with Crippen molar-refractivity contribution in [2.24, 2.45) is 5.16 Å². The molecule has 2 aliphatic rings. The first-order valence-corrected chi connectivity index (χ1v) is 8.88. The van der Waals surface area contributed by atoms with Gasteiger partial charge in [0.2, 0.25) is 0 Å². The van der Waals surface area contributed by atoms with Gasteiger partial charge in [-0.05, 0) is 41.1 Å². The lowest BCUT2D eigenvalue weighted by Crippen LogP contribution is -2.53. The number of benzene rings is 2. The highest BCUT2D eigenvalue weighted by molar-refractivity contribution is 6.34. The van der Waals surface area contributed by atoms with E-state index in [1.54, 1.807) is 0 Å². The Morgan fingerprint density at radius 1 is 0.964 bits per heavy atom. The zero-order valence-electron chi connectivity index (χ0n) is 14.0. The summed E-state index contributed by atoms with van der Waals surface area (Å²) in [5, 5.41) is 6.27. The second-order valence-electron chi connectivity index (χ2n) is 6.51. The van der Waals surface area contributed by atoms with Crippen molar-refractivity contribution >= 4 is 29.1 Å². The largest absolute Gasteiger partial charge is 0.475 e. The van der Waals surface area contributed by atoms with E-state index in [0.29, 0.717) is 5.56 Å². The highest BCUT2D eigenvalue weighted by atomic mass is 35.5. The molecule has 4 rings (SSSR count). The maximum Gasteiger partial charge on any atom is 0.475 e. The summed E-state index contributed by atoms with van der Waals surface area (Å²) < 4.78 is 61.1. The average Bonchev–Trinajstić information content (AvgIpc) is 3.06. The van der Waals surface area contributed by atoms with Crippen molar-refractivity contribution in [1.82, 2.24) is 5.32 Å². The van der Waals surface area contributed by atoms with Gasteiger partial charge in [0.05, 0.1) is 5.56 Å². The molecule has 0 aromatic heterocycles. The molecule has 0 saturated carbocycles. The summed E-state index contributed by atoms with van der Waals surface area (Å²) in [6.07, 6.45) is -4.98. The lowest BCUT2D eigenvalue weighted by molar-refractivity contribution is -0.352. The van der Waals surface area contributed by atoms with Crippen LogP contribution in [0.3, 0.4) is 0 Å². The minimum absolute atomic E-state index is 0.0153. The van der Waals surface area contributed by atoms with E-state index in [0.717, 1.165) is 12.1 Å². The summed E-state index contributed by atoms with van der Waals surface area (Å²) >= 11 is 11.7. The molecule has 148 valence electrons. The average molecular weight is 435 g/mol. The highest BCUT2D eigenvalue weighted by Crippen LogP contribution is 2.48. The summed E-state index contributed by atoms with van der Waals surface area (Å²) in [5.74, 6) is -3.58. The second-order valence-corrected chi connectivity index (χ2v) is 7.38. The molecule has 0 spiro atoms. The molecule has 10 heteroatoms. The number of alkyl halides is 4. The summed E-state index contributed by atoms with van der Waals surface area (Å²) in [6.45, 7) is 0.360. The monoisotopic (exact) mass is 434 g/mol. The molecule has 2 aromatic rings. The third-order valence-electron chi connectivity index (χ3n) is 4.57. The van der Waals surface area contributed by atoms with Gasteiger partial charge in [0, 0.05) is 28.7 Å². The van der Waals surface area contributed by atoms with E-state index in [-0.39, 0.29) is 34.6 Å². The molecule has 2 aliphatic heterocycles. The van der Waals surface area contributed by atoms with E-state index in [1.165, 1.54) is 30.3 Å². The van der Waals surface area contributed by atoms with E-state index >= 15 is 0 Å². The van der Waals surface area contributed by atoms with Gasteiger partial charge in [-0.1, -0.05) is 35.3 Å². The Bertz CT molecular complexity index is 925. The summed E-state index contributed by atoms with van der Waals surface area (Å²) in [5.41, 5.74) is -1.31. The van der Waals surface area contributed by atoms with Crippen molar-refractivity contribution < 1.29 is 27.1 Å². The molecule has 2 heterocycles. The molecule has 28 heavy (non-hydrogen) atoms. The minimum atomic E-state index is -4.98. The van der Waals surface area contributed by atoms with Crippen LogP contribution >= 0.6 is 23.2 Å². The summed E-state index contributed by atoms with van der Waals surface area (Å²) in [6, 6.07) is 9.17. The van der Waals surface area contributed by atoms with Gasteiger partial charge in [-0.25, -0.2) is 4.39 Å². The van der Waals surface area contributed by atoms with Crippen LogP contribution in [0.15, 0.2) is 47.6 Å². The fraction of sp³-hybridized carbons (Fsp3) is 0.278. The predicted molar refractivity (Wildman–Crippen MR) is 95.0 cm³/mol. The van der Waals surface area contributed by atoms with Crippen LogP contribution in [-0.4, -0.2) is 25.2 Å². The molecule has 0 bridgehead atoms. The Labute approximate surface area is 167 Å². The molecule has 1 N–H and O–H groups in total. The fourth-order valence-corrected chi connectivity index (χ4v) is 3.51. The number of halogens is 6. The molecule has 0 radical (unpaired) electrons. The van der Waals surface area contributed by atoms with Gasteiger partial charge in [0.15, 0.2) is 5.67 Å². The molecule has 2 aromatic carbocycles. The molecule has 1 unspecified atom stereocenters. The number of rotatable bonds is 3. The first-order chi connectivity index (χ1) is 13.1. The number of nitrogens with zero attached hydrogens (tertiary/aromatic N) is 1. The Balaban J connectivity index is 1.65. The smallest absolute Gasteiger partial charge is 0.419 e. The van der Waals surface area contributed by atoms with Crippen molar-refractivity contribution in [3.8, 4) is 0 Å². The number of hydrogen-bond acceptors (Lipinski definition) is 4. The first-order valence-electron chi connectivity index (χ1n) is 8.12. The zero-order chi connectivity index (χ0) is 20.2. The number of ether oxygens (including phenoxy) is 1. The minimum Gasteiger partial charge on any atom is -0.419 e. The lowest BCUT2D eigenvalue weighted by atomic mass is 9.89. The van der Waals surface area contributed by atoms with E-state index in [1.807, 2.05) is 0 Å². The molecular formula is C18H12Cl2F4N2O2. The molecule has 1 fully saturated rings. The van der Waals surface area contributed by atoms with Gasteiger partial charge in [-0.15, -0.1) is 0 Å². The standard InChI is InChI=1S/C18H12Cl2F4N2O2/c19-13-5-12(6-14(20)7-13)17(18(22,23)24)27-15(26-28-17)10-1-3-11(4-2-10)16(21)8-25-9-16/h1-7,25H,8-9H2. The summed E-state index contributed by atoms with van der Waals surface area (Å²) in [7, 11) is 0. The zero-order valence-corrected chi connectivity index (χ0v) is 15.5. The third kappa shape index (κ3) is 3.09. The van der Waals surface area contributed by atoms with Crippen molar-refractivity contribution in [2.75, 3.05) is 13.1 Å². The van der Waals surface area contributed by atoms with Gasteiger partial charge in [0.25, 0.3) is 5.90 Å². The number of hydrogen-bond donors (Lipinski definition) is 1. The summed E-state index contributed by atoms with van der Waals surface area (Å²) in [4.78, 5) is 4.74. The van der Waals surface area contributed by atoms with Crippen molar-refractivity contribution in [3.05, 3.63) is 69.2 Å². The lowest BCUT2D eigenvalue weighted by Gasteiger charge is -2.35. The first kappa shape index (κ1) is 19.3. The molecule has 4 nitrogen and oxygen atoms in total. The number of nitrogens with one attached hydrogen (secondary N) is 1. The molecule has 0 aliphatic carbocycles. The van der Waals surface area contributed by atoms with Gasteiger partial charge in [-0.3, -0.25) is 0 Å². The van der Waals surface area contributed by atoms with Crippen LogP contribution in [0.2, 0.25) is 10.0 Å². The van der Waals surface area contributed by atoms with Gasteiger partial charge in [-0.2, -0.15) is 13.2 Å². The molecular weight excluding hydrogens is 423 g/mol.